The zero-order chi connectivity index (χ0) is 24.9. The molecule has 0 fully saturated rings. The lowest BCUT2D eigenvalue weighted by Gasteiger charge is -2.40. The summed E-state index contributed by atoms with van der Waals surface area (Å²) >= 11 is 0. The van der Waals surface area contributed by atoms with Crippen LogP contribution in [0.25, 0.3) is 0 Å². The van der Waals surface area contributed by atoms with Crippen LogP contribution >= 0.6 is 0 Å². The van der Waals surface area contributed by atoms with E-state index in [0.29, 0.717) is 29.5 Å². The number of ether oxygens (including phenoxy) is 4. The summed E-state index contributed by atoms with van der Waals surface area (Å²) in [6.45, 7) is 2.66. The molecule has 1 amide bonds. The van der Waals surface area contributed by atoms with Crippen LogP contribution in [0.1, 0.15) is 47.6 Å². The number of hydrogen-bond acceptors (Lipinski definition) is 5. The molecule has 4 rings (SSSR count). The standard InChI is InChI=1S/C29H33NO5/c1-6-22(19-10-8-7-9-11-19)29(31)30-15-14-20-16-26(34-4)27(35-5)18-23(20)28(30)21-12-13-24(32-2)25(17-21)33-3/h7-13,16-18,22,28H,6,14-15H2,1-5H3/t22-,28+/m1/s1. The first-order valence-corrected chi connectivity index (χ1v) is 11.9. The molecule has 0 aliphatic carbocycles. The third-order valence-electron chi connectivity index (χ3n) is 6.79. The molecule has 184 valence electrons. The van der Waals surface area contributed by atoms with Crippen molar-refractivity contribution >= 4 is 5.91 Å². The molecule has 0 radical (unpaired) electrons. The van der Waals surface area contributed by atoms with Crippen LogP contribution in [0, 0.1) is 0 Å². The van der Waals surface area contributed by atoms with Gasteiger partial charge in [0.1, 0.15) is 0 Å². The van der Waals surface area contributed by atoms with Gasteiger partial charge in [-0.3, -0.25) is 4.79 Å². The Hall–Kier alpha value is -3.67. The van der Waals surface area contributed by atoms with Crippen LogP contribution < -0.4 is 18.9 Å². The van der Waals surface area contributed by atoms with E-state index in [9.17, 15) is 4.79 Å². The normalized spacial score (nSPS) is 15.7. The molecule has 0 N–H and O–H groups in total. The molecule has 0 bridgehead atoms. The second kappa shape index (κ2) is 10.7. The van der Waals surface area contributed by atoms with Gasteiger partial charge in [0.25, 0.3) is 0 Å². The molecule has 3 aromatic carbocycles. The van der Waals surface area contributed by atoms with Crippen LogP contribution in [-0.4, -0.2) is 45.8 Å². The smallest absolute Gasteiger partial charge is 0.230 e. The highest BCUT2D eigenvalue weighted by Crippen LogP contribution is 2.44. The third kappa shape index (κ3) is 4.65. The predicted octanol–water partition coefficient (Wildman–Crippen LogP) is 5.39. The molecule has 6 heteroatoms. The minimum atomic E-state index is -0.302. The van der Waals surface area contributed by atoms with Gasteiger partial charge in [-0.25, -0.2) is 0 Å². The average Bonchev–Trinajstić information content (AvgIpc) is 2.92. The summed E-state index contributed by atoms with van der Waals surface area (Å²) in [5.74, 6) is 2.49. The third-order valence-corrected chi connectivity index (χ3v) is 6.79. The van der Waals surface area contributed by atoms with Gasteiger partial charge < -0.3 is 23.8 Å². The minimum Gasteiger partial charge on any atom is -0.493 e. The lowest BCUT2D eigenvalue weighted by atomic mass is 9.85. The van der Waals surface area contributed by atoms with Crippen molar-refractivity contribution in [1.29, 1.82) is 0 Å². The number of benzene rings is 3. The Morgan fingerprint density at radius 1 is 0.857 bits per heavy atom. The van der Waals surface area contributed by atoms with Gasteiger partial charge in [0.2, 0.25) is 5.91 Å². The van der Waals surface area contributed by atoms with Gasteiger partial charge in [0.15, 0.2) is 23.0 Å². The lowest BCUT2D eigenvalue weighted by molar-refractivity contribution is -0.135. The molecule has 0 saturated heterocycles. The van der Waals surface area contributed by atoms with Crippen molar-refractivity contribution in [2.45, 2.75) is 31.7 Å². The van der Waals surface area contributed by atoms with E-state index in [4.69, 9.17) is 18.9 Å². The van der Waals surface area contributed by atoms with E-state index in [2.05, 4.69) is 6.92 Å². The number of methoxy groups -OCH3 is 4. The number of nitrogens with zero attached hydrogens (tertiary/aromatic N) is 1. The maximum Gasteiger partial charge on any atom is 0.230 e. The number of amides is 1. The number of carbonyl (C=O) groups excluding carboxylic acids is 1. The van der Waals surface area contributed by atoms with Crippen molar-refractivity contribution in [3.05, 3.63) is 82.9 Å². The summed E-state index contributed by atoms with van der Waals surface area (Å²) in [7, 11) is 6.51. The fourth-order valence-corrected chi connectivity index (χ4v) is 5.00. The molecule has 35 heavy (non-hydrogen) atoms. The molecule has 1 heterocycles. The molecular formula is C29H33NO5. The summed E-state index contributed by atoms with van der Waals surface area (Å²) < 4.78 is 22.2. The molecule has 1 aliphatic rings. The second-order valence-corrected chi connectivity index (χ2v) is 8.58. The Balaban J connectivity index is 1.86. The number of carbonyl (C=O) groups is 1. The highest BCUT2D eigenvalue weighted by molar-refractivity contribution is 5.85. The summed E-state index contributed by atoms with van der Waals surface area (Å²) in [6.07, 6.45) is 1.45. The highest BCUT2D eigenvalue weighted by Gasteiger charge is 2.36. The van der Waals surface area contributed by atoms with Crippen LogP contribution in [0.3, 0.4) is 0 Å². The first-order chi connectivity index (χ1) is 17.1. The largest absolute Gasteiger partial charge is 0.493 e. The van der Waals surface area contributed by atoms with Crippen molar-refractivity contribution < 1.29 is 23.7 Å². The molecule has 2 atom stereocenters. The Labute approximate surface area is 207 Å². The van der Waals surface area contributed by atoms with Gasteiger partial charge in [-0.1, -0.05) is 43.3 Å². The Morgan fingerprint density at radius 2 is 1.49 bits per heavy atom. The molecule has 1 aliphatic heterocycles. The van der Waals surface area contributed by atoms with Crippen molar-refractivity contribution in [3.63, 3.8) is 0 Å². The average molecular weight is 476 g/mol. The van der Waals surface area contributed by atoms with E-state index >= 15 is 0 Å². The number of hydrogen-bond donors (Lipinski definition) is 0. The first kappa shape index (κ1) is 24.5. The molecular weight excluding hydrogens is 442 g/mol. The summed E-state index contributed by atoms with van der Waals surface area (Å²) in [5, 5.41) is 0. The van der Waals surface area contributed by atoms with Crippen molar-refractivity contribution in [2.24, 2.45) is 0 Å². The van der Waals surface area contributed by atoms with Crippen molar-refractivity contribution in [2.75, 3.05) is 35.0 Å². The molecule has 0 spiro atoms. The van der Waals surface area contributed by atoms with Gasteiger partial charge in [0, 0.05) is 6.54 Å². The van der Waals surface area contributed by atoms with Gasteiger partial charge in [-0.2, -0.15) is 0 Å². The monoisotopic (exact) mass is 475 g/mol. The highest BCUT2D eigenvalue weighted by atomic mass is 16.5. The molecule has 3 aromatic rings. The fraction of sp³-hybridized carbons (Fsp3) is 0.345. The van der Waals surface area contributed by atoms with Crippen molar-refractivity contribution in [1.82, 2.24) is 4.90 Å². The minimum absolute atomic E-state index is 0.110. The van der Waals surface area contributed by atoms with E-state index in [1.54, 1.807) is 28.4 Å². The van der Waals surface area contributed by atoms with Crippen molar-refractivity contribution in [3.8, 4) is 23.0 Å². The van der Waals surface area contributed by atoms with Gasteiger partial charge in [-0.05, 0) is 59.4 Å². The van der Waals surface area contributed by atoms with Gasteiger partial charge in [0.05, 0.1) is 40.4 Å². The first-order valence-electron chi connectivity index (χ1n) is 11.9. The Kier molecular flexibility index (Phi) is 7.49. The van der Waals surface area contributed by atoms with E-state index in [0.717, 1.165) is 35.1 Å². The second-order valence-electron chi connectivity index (χ2n) is 8.58. The topological polar surface area (TPSA) is 57.2 Å². The molecule has 6 nitrogen and oxygen atoms in total. The number of fused-ring (bicyclic) bond motifs is 1. The van der Waals surface area contributed by atoms with E-state index in [-0.39, 0.29) is 17.9 Å². The maximum absolute atomic E-state index is 14.1. The summed E-state index contributed by atoms with van der Waals surface area (Å²) in [5.41, 5.74) is 4.15. The van der Waals surface area contributed by atoms with Crippen LogP contribution in [0.5, 0.6) is 23.0 Å². The molecule has 0 unspecified atom stereocenters. The van der Waals surface area contributed by atoms with E-state index in [1.807, 2.05) is 65.6 Å². The Morgan fingerprint density at radius 3 is 2.11 bits per heavy atom. The Bertz CT molecular complexity index is 1180. The van der Waals surface area contributed by atoms with E-state index in [1.165, 1.54) is 0 Å². The summed E-state index contributed by atoms with van der Waals surface area (Å²) in [6, 6.07) is 19.6. The van der Waals surface area contributed by atoms with Gasteiger partial charge >= 0.3 is 0 Å². The van der Waals surface area contributed by atoms with Gasteiger partial charge in [-0.15, -0.1) is 0 Å². The SMILES string of the molecule is CC[C@@H](C(=O)N1CCc2cc(OC)c(OC)cc2[C@@H]1c1ccc(OC)c(OC)c1)c1ccccc1. The molecule has 0 aromatic heterocycles. The molecule has 0 saturated carbocycles. The quantitative estimate of drug-likeness (QED) is 0.437. The zero-order valence-electron chi connectivity index (χ0n) is 21.0. The zero-order valence-corrected chi connectivity index (χ0v) is 21.0. The van der Waals surface area contributed by atoms with Crippen LogP contribution in [0.15, 0.2) is 60.7 Å². The fourth-order valence-electron chi connectivity index (χ4n) is 5.00. The maximum atomic E-state index is 14.1. The van der Waals surface area contributed by atoms with Crippen LogP contribution in [0.4, 0.5) is 0 Å². The lowest BCUT2D eigenvalue weighted by Crippen LogP contribution is -2.43. The summed E-state index contributed by atoms with van der Waals surface area (Å²) in [4.78, 5) is 16.1. The number of rotatable bonds is 8. The van der Waals surface area contributed by atoms with E-state index < -0.39 is 0 Å². The predicted molar refractivity (Wildman–Crippen MR) is 136 cm³/mol. The van der Waals surface area contributed by atoms with Crippen LogP contribution in [-0.2, 0) is 11.2 Å². The van der Waals surface area contributed by atoms with Crippen LogP contribution in [0.2, 0.25) is 0 Å².